The first-order valence-corrected chi connectivity index (χ1v) is 6.75. The highest BCUT2D eigenvalue weighted by molar-refractivity contribution is 5.78. The van der Waals surface area contributed by atoms with Gasteiger partial charge in [0.2, 0.25) is 6.33 Å². The van der Waals surface area contributed by atoms with Crippen LogP contribution in [0.4, 0.5) is 19.0 Å². The zero-order valence-corrected chi connectivity index (χ0v) is 12.4. The van der Waals surface area contributed by atoms with Crippen LogP contribution >= 0.6 is 0 Å². The van der Waals surface area contributed by atoms with Crippen molar-refractivity contribution in [2.75, 3.05) is 6.61 Å². The van der Waals surface area contributed by atoms with Crippen LogP contribution in [0.15, 0.2) is 36.8 Å². The third-order valence-electron chi connectivity index (χ3n) is 3.14. The lowest BCUT2D eigenvalue weighted by Gasteiger charge is -2.17. The molecule has 2 aromatic rings. The Morgan fingerprint density at radius 3 is 2.40 bits per heavy atom. The number of benzene rings is 1. The van der Waals surface area contributed by atoms with E-state index in [9.17, 15) is 28.1 Å². The van der Waals surface area contributed by atoms with E-state index in [0.29, 0.717) is 0 Å². The fraction of sp³-hybridized carbons (Fsp3) is 0.333. The third kappa shape index (κ3) is 4.55. The number of ether oxygens (including phenoxy) is 1. The molecular formula is C15H16F3N3O4. The molecule has 10 heteroatoms. The predicted molar refractivity (Wildman–Crippen MR) is 81.8 cm³/mol. The van der Waals surface area contributed by atoms with Crippen molar-refractivity contribution < 1.29 is 27.6 Å². The van der Waals surface area contributed by atoms with Gasteiger partial charge in [0, 0.05) is 0 Å². The maximum Gasteiger partial charge on any atom is 0.416 e. The Balaban J connectivity index is 0.00000312. The summed E-state index contributed by atoms with van der Waals surface area (Å²) in [6.07, 6.45) is -2.44. The lowest BCUT2D eigenvalue weighted by atomic mass is 10.0. The molecule has 0 N–H and O–H groups in total. The highest BCUT2D eigenvalue weighted by Crippen LogP contribution is 2.31. The van der Waals surface area contributed by atoms with E-state index in [1.165, 1.54) is 0 Å². The minimum absolute atomic E-state index is 0. The van der Waals surface area contributed by atoms with E-state index in [1.54, 1.807) is 6.92 Å². The molecule has 2 rings (SSSR count). The van der Waals surface area contributed by atoms with Crippen molar-refractivity contribution in [2.45, 2.75) is 26.6 Å². The number of nitro groups is 1. The van der Waals surface area contributed by atoms with Crippen molar-refractivity contribution in [3.8, 4) is 0 Å². The highest BCUT2D eigenvalue weighted by Gasteiger charge is 2.32. The van der Waals surface area contributed by atoms with E-state index in [4.69, 9.17) is 4.74 Å². The van der Waals surface area contributed by atoms with Crippen LogP contribution in [-0.2, 0) is 15.7 Å². The van der Waals surface area contributed by atoms with Crippen molar-refractivity contribution in [3.05, 3.63) is 58.0 Å². The van der Waals surface area contributed by atoms with E-state index in [2.05, 4.69) is 4.98 Å². The molecule has 1 unspecified atom stereocenters. The summed E-state index contributed by atoms with van der Waals surface area (Å²) in [5.41, 5.74) is -0.681. The van der Waals surface area contributed by atoms with Crippen LogP contribution in [0.2, 0.25) is 0 Å². The standard InChI is InChI=1S/C14H12F3N3O4.CH4/c1-2-24-13(21)12(19-7-11(18-8-19)20(22)23)9-3-5-10(6-4-9)14(15,16)17;/h3-8,12H,2H2,1H3;1H4. The average Bonchev–Trinajstić information content (AvgIpc) is 2.97. The van der Waals surface area contributed by atoms with Gasteiger partial charge in [-0.2, -0.15) is 13.2 Å². The summed E-state index contributed by atoms with van der Waals surface area (Å²) in [6.45, 7) is 1.62. The van der Waals surface area contributed by atoms with Crippen LogP contribution in [0.3, 0.4) is 0 Å². The molecule has 0 saturated carbocycles. The maximum absolute atomic E-state index is 12.6. The van der Waals surface area contributed by atoms with Gasteiger partial charge in [-0.25, -0.2) is 4.79 Å². The normalized spacial score (nSPS) is 12.2. The second kappa shape index (κ2) is 7.77. The molecule has 0 aliphatic carbocycles. The molecule has 0 radical (unpaired) electrons. The number of aromatic nitrogens is 2. The molecule has 0 aliphatic rings. The second-order valence-electron chi connectivity index (χ2n) is 4.71. The number of imidazole rings is 1. The van der Waals surface area contributed by atoms with Crippen molar-refractivity contribution in [3.63, 3.8) is 0 Å². The van der Waals surface area contributed by atoms with Crippen molar-refractivity contribution in [1.29, 1.82) is 0 Å². The van der Waals surface area contributed by atoms with Crippen LogP contribution in [0.1, 0.15) is 31.5 Å². The lowest BCUT2D eigenvalue weighted by molar-refractivity contribution is -0.389. The summed E-state index contributed by atoms with van der Waals surface area (Å²) in [5.74, 6) is -1.25. The molecule has 1 heterocycles. The number of carbonyl (C=O) groups is 1. The zero-order valence-electron chi connectivity index (χ0n) is 12.4. The Morgan fingerprint density at radius 2 is 1.96 bits per heavy atom. The monoisotopic (exact) mass is 359 g/mol. The van der Waals surface area contributed by atoms with Gasteiger partial charge in [-0.3, -0.25) is 4.57 Å². The Hall–Kier alpha value is -2.91. The fourth-order valence-electron chi connectivity index (χ4n) is 2.07. The summed E-state index contributed by atoms with van der Waals surface area (Å²) in [6, 6.07) is 2.72. The van der Waals surface area contributed by atoms with Crippen molar-refractivity contribution in [1.82, 2.24) is 9.55 Å². The Morgan fingerprint density at radius 1 is 1.36 bits per heavy atom. The summed E-state index contributed by atoms with van der Waals surface area (Å²) in [4.78, 5) is 25.6. The second-order valence-corrected chi connectivity index (χ2v) is 4.71. The lowest BCUT2D eigenvalue weighted by Crippen LogP contribution is -2.22. The number of nitrogens with zero attached hydrogens (tertiary/aromatic N) is 3. The SMILES string of the molecule is C.CCOC(=O)C(c1ccc(C(F)(F)F)cc1)n1cnc([N+](=O)[O-])c1. The highest BCUT2D eigenvalue weighted by atomic mass is 19.4. The first-order chi connectivity index (χ1) is 11.2. The number of carbonyl (C=O) groups excluding carboxylic acids is 1. The van der Waals surface area contributed by atoms with E-state index < -0.39 is 34.5 Å². The van der Waals surface area contributed by atoms with Gasteiger partial charge < -0.3 is 14.9 Å². The van der Waals surface area contributed by atoms with Crippen LogP contribution in [0.5, 0.6) is 0 Å². The molecule has 0 fully saturated rings. The van der Waals surface area contributed by atoms with Crippen LogP contribution < -0.4 is 0 Å². The predicted octanol–water partition coefficient (Wildman–Crippen LogP) is 3.60. The Labute approximate surface area is 141 Å². The Kier molecular flexibility index (Phi) is 6.26. The molecule has 136 valence electrons. The minimum atomic E-state index is -4.51. The van der Waals surface area contributed by atoms with Gasteiger partial charge >= 0.3 is 18.0 Å². The summed E-state index contributed by atoms with van der Waals surface area (Å²) in [5, 5.41) is 10.7. The smallest absolute Gasteiger partial charge is 0.416 e. The van der Waals surface area contributed by atoms with Gasteiger partial charge in [0.05, 0.1) is 12.2 Å². The molecule has 0 saturated heterocycles. The van der Waals surface area contributed by atoms with Gasteiger partial charge in [-0.1, -0.05) is 19.6 Å². The summed E-state index contributed by atoms with van der Waals surface area (Å²) in [7, 11) is 0. The largest absolute Gasteiger partial charge is 0.464 e. The molecule has 7 nitrogen and oxygen atoms in total. The van der Waals surface area contributed by atoms with Gasteiger partial charge in [0.25, 0.3) is 0 Å². The topological polar surface area (TPSA) is 87.3 Å². The number of hydrogen-bond donors (Lipinski definition) is 0. The molecule has 0 amide bonds. The van der Waals surface area contributed by atoms with E-state index in [1.807, 2.05) is 0 Å². The van der Waals surface area contributed by atoms with Gasteiger partial charge in [0.1, 0.15) is 6.20 Å². The van der Waals surface area contributed by atoms with E-state index in [-0.39, 0.29) is 19.6 Å². The number of hydrogen-bond acceptors (Lipinski definition) is 5. The number of alkyl halides is 3. The zero-order chi connectivity index (χ0) is 17.9. The van der Waals surface area contributed by atoms with Crippen LogP contribution in [0.25, 0.3) is 0 Å². The third-order valence-corrected chi connectivity index (χ3v) is 3.14. The minimum Gasteiger partial charge on any atom is -0.464 e. The summed E-state index contributed by atoms with van der Waals surface area (Å²) < 4.78 is 43.9. The van der Waals surface area contributed by atoms with Crippen molar-refractivity contribution in [2.24, 2.45) is 0 Å². The fourth-order valence-corrected chi connectivity index (χ4v) is 2.07. The first-order valence-electron chi connectivity index (χ1n) is 6.75. The van der Waals surface area contributed by atoms with Crippen LogP contribution in [0, 0.1) is 10.1 Å². The maximum atomic E-state index is 12.6. The molecular weight excluding hydrogens is 343 g/mol. The molecule has 0 aliphatic heterocycles. The van der Waals surface area contributed by atoms with Gasteiger partial charge in [0.15, 0.2) is 6.04 Å². The number of halogens is 3. The molecule has 25 heavy (non-hydrogen) atoms. The number of esters is 1. The first kappa shape index (κ1) is 20.1. The van der Waals surface area contributed by atoms with Crippen LogP contribution in [-0.4, -0.2) is 27.1 Å². The quantitative estimate of drug-likeness (QED) is 0.462. The molecule has 1 atom stereocenters. The molecule has 0 spiro atoms. The van der Waals surface area contributed by atoms with Gasteiger partial charge in [-0.15, -0.1) is 0 Å². The Bertz CT molecular complexity index is 741. The van der Waals surface area contributed by atoms with E-state index >= 15 is 0 Å². The van der Waals surface area contributed by atoms with Crippen molar-refractivity contribution >= 4 is 11.8 Å². The molecule has 1 aromatic carbocycles. The number of rotatable bonds is 5. The molecule has 0 bridgehead atoms. The molecule has 1 aromatic heterocycles. The summed E-state index contributed by atoms with van der Waals surface area (Å²) >= 11 is 0. The van der Waals surface area contributed by atoms with E-state index in [0.717, 1.165) is 41.4 Å². The van der Waals surface area contributed by atoms with Gasteiger partial charge in [-0.05, 0) is 34.5 Å². The average molecular weight is 359 g/mol.